The minimum atomic E-state index is -4.90. The van der Waals surface area contributed by atoms with E-state index in [1.807, 2.05) is 0 Å². The second-order valence-electron chi connectivity index (χ2n) is 9.94. The summed E-state index contributed by atoms with van der Waals surface area (Å²) in [6.45, 7) is 4.66. The summed E-state index contributed by atoms with van der Waals surface area (Å²) >= 11 is 0. The van der Waals surface area contributed by atoms with E-state index in [1.165, 1.54) is 24.1 Å². The summed E-state index contributed by atoms with van der Waals surface area (Å²) in [5.41, 5.74) is -2.33. The Hall–Kier alpha value is -3.90. The zero-order valence-corrected chi connectivity index (χ0v) is 22.7. The molecular weight excluding hydrogens is 540 g/mol. The number of nitrogens with zero attached hydrogens (tertiary/aromatic N) is 2. The first-order valence-corrected chi connectivity index (χ1v) is 12.4. The highest BCUT2D eigenvalue weighted by Gasteiger charge is 2.34. The van der Waals surface area contributed by atoms with Gasteiger partial charge in [-0.1, -0.05) is 12.5 Å². The number of amides is 1. The second kappa shape index (κ2) is 13.9. The molecule has 0 atom stereocenters. The SMILES string of the molecule is COC(=O)CCCCCN(Cc1cc([N+](=O)[O-])ccc1OCc1ccc(F)c(C(F)(F)F)c1)C(=O)OC(C)(C)C. The lowest BCUT2D eigenvalue weighted by molar-refractivity contribution is -0.385. The number of benzene rings is 2. The van der Waals surface area contributed by atoms with Crippen molar-refractivity contribution in [1.29, 1.82) is 0 Å². The molecule has 0 N–H and O–H groups in total. The molecule has 0 radical (unpaired) electrons. The highest BCUT2D eigenvalue weighted by Crippen LogP contribution is 2.33. The van der Waals surface area contributed by atoms with E-state index in [2.05, 4.69) is 4.74 Å². The van der Waals surface area contributed by atoms with Crippen molar-refractivity contribution in [2.24, 2.45) is 0 Å². The van der Waals surface area contributed by atoms with Gasteiger partial charge in [-0.15, -0.1) is 0 Å². The molecule has 9 nitrogen and oxygen atoms in total. The van der Waals surface area contributed by atoms with Crippen LogP contribution >= 0.6 is 0 Å². The largest absolute Gasteiger partial charge is 0.489 e. The minimum absolute atomic E-state index is 0.0210. The molecule has 0 aliphatic heterocycles. The first kappa shape index (κ1) is 32.3. The second-order valence-corrected chi connectivity index (χ2v) is 9.94. The molecule has 0 saturated carbocycles. The average molecular weight is 573 g/mol. The minimum Gasteiger partial charge on any atom is -0.489 e. The number of alkyl halides is 3. The third kappa shape index (κ3) is 10.3. The van der Waals surface area contributed by atoms with Crippen molar-refractivity contribution < 1.29 is 46.3 Å². The van der Waals surface area contributed by atoms with Gasteiger partial charge in [0.1, 0.15) is 23.8 Å². The summed E-state index contributed by atoms with van der Waals surface area (Å²) in [5.74, 6) is -1.69. The van der Waals surface area contributed by atoms with Crippen molar-refractivity contribution in [2.75, 3.05) is 13.7 Å². The number of esters is 1. The maximum absolute atomic E-state index is 13.7. The molecule has 13 heteroatoms. The van der Waals surface area contributed by atoms with E-state index in [1.54, 1.807) is 20.8 Å². The molecule has 0 unspecified atom stereocenters. The van der Waals surface area contributed by atoms with Crippen LogP contribution in [0.4, 0.5) is 28.0 Å². The third-order valence-electron chi connectivity index (χ3n) is 5.53. The first-order valence-electron chi connectivity index (χ1n) is 12.4. The van der Waals surface area contributed by atoms with Crippen LogP contribution in [0.5, 0.6) is 5.75 Å². The number of ether oxygens (including phenoxy) is 3. The molecule has 0 bridgehead atoms. The number of non-ortho nitro benzene ring substituents is 1. The predicted molar refractivity (Wildman–Crippen MR) is 136 cm³/mol. The summed E-state index contributed by atoms with van der Waals surface area (Å²) in [6.07, 6.45) is -3.78. The Labute approximate surface area is 229 Å². The molecule has 0 aliphatic rings. The number of hydrogen-bond donors (Lipinski definition) is 0. The van der Waals surface area contributed by atoms with Gasteiger partial charge >= 0.3 is 18.2 Å². The van der Waals surface area contributed by atoms with Gasteiger partial charge in [0.25, 0.3) is 5.69 Å². The lowest BCUT2D eigenvalue weighted by Crippen LogP contribution is -2.37. The molecule has 0 saturated heterocycles. The summed E-state index contributed by atoms with van der Waals surface area (Å²) in [7, 11) is 1.29. The molecule has 220 valence electrons. The van der Waals surface area contributed by atoms with Crippen LogP contribution in [-0.4, -0.2) is 41.1 Å². The molecule has 0 spiro atoms. The highest BCUT2D eigenvalue weighted by atomic mass is 19.4. The van der Waals surface area contributed by atoms with E-state index in [-0.39, 0.29) is 48.0 Å². The van der Waals surface area contributed by atoms with Gasteiger partial charge in [0, 0.05) is 30.7 Å². The molecule has 0 aromatic heterocycles. The fourth-order valence-electron chi connectivity index (χ4n) is 3.60. The number of rotatable bonds is 12. The number of hydrogen-bond acceptors (Lipinski definition) is 7. The number of nitro benzene ring substituents is 1. The van der Waals surface area contributed by atoms with E-state index in [9.17, 15) is 37.3 Å². The lowest BCUT2D eigenvalue weighted by Gasteiger charge is -2.28. The lowest BCUT2D eigenvalue weighted by atomic mass is 10.1. The van der Waals surface area contributed by atoms with E-state index in [0.717, 1.165) is 12.1 Å². The van der Waals surface area contributed by atoms with Crippen LogP contribution in [0.2, 0.25) is 0 Å². The normalized spacial score (nSPS) is 11.6. The van der Waals surface area contributed by atoms with E-state index < -0.39 is 40.8 Å². The van der Waals surface area contributed by atoms with Crippen LogP contribution in [0.15, 0.2) is 36.4 Å². The van der Waals surface area contributed by atoms with Crippen molar-refractivity contribution in [3.63, 3.8) is 0 Å². The maximum Gasteiger partial charge on any atom is 0.419 e. The Morgan fingerprint density at radius 3 is 2.33 bits per heavy atom. The highest BCUT2D eigenvalue weighted by molar-refractivity contribution is 5.69. The van der Waals surface area contributed by atoms with Crippen LogP contribution in [0.1, 0.15) is 63.1 Å². The Kier molecular flexibility index (Phi) is 11.3. The Bertz CT molecular complexity index is 1200. The summed E-state index contributed by atoms with van der Waals surface area (Å²) < 4.78 is 68.8. The zero-order valence-electron chi connectivity index (χ0n) is 22.7. The van der Waals surface area contributed by atoms with E-state index in [0.29, 0.717) is 31.4 Å². The zero-order chi connectivity index (χ0) is 30.1. The topological polar surface area (TPSA) is 108 Å². The average Bonchev–Trinajstić information content (AvgIpc) is 2.85. The molecule has 0 fully saturated rings. The Balaban J connectivity index is 2.29. The summed E-state index contributed by atoms with van der Waals surface area (Å²) in [4.78, 5) is 36.4. The number of unbranched alkanes of at least 4 members (excludes halogenated alkanes) is 2. The molecule has 1 amide bonds. The fraction of sp³-hybridized carbons (Fsp3) is 0.481. The van der Waals surface area contributed by atoms with E-state index >= 15 is 0 Å². The van der Waals surface area contributed by atoms with Crippen LogP contribution in [0.25, 0.3) is 0 Å². The monoisotopic (exact) mass is 572 g/mol. The van der Waals surface area contributed by atoms with Crippen molar-refractivity contribution >= 4 is 17.7 Å². The number of methoxy groups -OCH3 is 1. The molecule has 0 aliphatic carbocycles. The number of carbonyl (C=O) groups is 2. The van der Waals surface area contributed by atoms with Crippen molar-refractivity contribution in [3.8, 4) is 5.75 Å². The molecular formula is C27H32F4N2O7. The van der Waals surface area contributed by atoms with Crippen LogP contribution in [0.3, 0.4) is 0 Å². The standard InChI is InChI=1S/C27H32F4N2O7/c1-26(2,3)40-25(35)32(13-7-5-6-8-24(34)38-4)16-19-15-20(33(36)37)10-12-23(19)39-17-18-9-11-22(28)21(14-18)27(29,30)31/h9-12,14-15H,5-8,13,16-17H2,1-4H3. The van der Waals surface area contributed by atoms with Crippen LogP contribution in [0, 0.1) is 15.9 Å². The van der Waals surface area contributed by atoms with Crippen molar-refractivity contribution in [1.82, 2.24) is 4.90 Å². The number of halogens is 4. The van der Waals surface area contributed by atoms with Gasteiger partial charge in [0.2, 0.25) is 0 Å². The molecule has 40 heavy (non-hydrogen) atoms. The first-order chi connectivity index (χ1) is 18.6. The quantitative estimate of drug-likeness (QED) is 0.0905. The Morgan fingerprint density at radius 2 is 1.73 bits per heavy atom. The maximum atomic E-state index is 13.7. The van der Waals surface area contributed by atoms with Crippen molar-refractivity contribution in [2.45, 2.75) is 71.4 Å². The molecule has 2 aromatic carbocycles. The summed E-state index contributed by atoms with van der Waals surface area (Å²) in [5, 5.41) is 11.4. The van der Waals surface area contributed by atoms with Gasteiger partial charge in [0.05, 0.1) is 24.1 Å². The van der Waals surface area contributed by atoms with Gasteiger partial charge in [0.15, 0.2) is 0 Å². The van der Waals surface area contributed by atoms with E-state index in [4.69, 9.17) is 9.47 Å². The van der Waals surface area contributed by atoms with Crippen molar-refractivity contribution in [3.05, 3.63) is 69.0 Å². The Morgan fingerprint density at radius 1 is 1.02 bits per heavy atom. The molecule has 2 aromatic rings. The van der Waals surface area contributed by atoms with Gasteiger partial charge < -0.3 is 19.1 Å². The number of nitro groups is 1. The molecule has 2 rings (SSSR count). The summed E-state index contributed by atoms with van der Waals surface area (Å²) in [6, 6.07) is 6.09. The molecule has 0 heterocycles. The van der Waals surface area contributed by atoms with Gasteiger partial charge in [-0.25, -0.2) is 9.18 Å². The van der Waals surface area contributed by atoms with Crippen LogP contribution < -0.4 is 4.74 Å². The predicted octanol–water partition coefficient (Wildman–Crippen LogP) is 6.80. The van der Waals surface area contributed by atoms with Gasteiger partial charge in [-0.3, -0.25) is 14.9 Å². The van der Waals surface area contributed by atoms with Crippen LogP contribution in [-0.2, 0) is 33.6 Å². The fourth-order valence-corrected chi connectivity index (χ4v) is 3.60. The van der Waals surface area contributed by atoms with Gasteiger partial charge in [-0.2, -0.15) is 13.2 Å². The third-order valence-corrected chi connectivity index (χ3v) is 5.53. The smallest absolute Gasteiger partial charge is 0.419 e. The van der Waals surface area contributed by atoms with Gasteiger partial charge in [-0.05, 0) is 57.4 Å². The number of carbonyl (C=O) groups excluding carboxylic acids is 2.